The van der Waals surface area contributed by atoms with E-state index in [0.717, 1.165) is 24.0 Å². The first-order valence-electron chi connectivity index (χ1n) is 16.8. The Morgan fingerprint density at radius 1 is 0.833 bits per heavy atom. The third kappa shape index (κ3) is 14.0. The summed E-state index contributed by atoms with van der Waals surface area (Å²) in [5.41, 5.74) is 6.69. The first-order valence-corrected chi connectivity index (χ1v) is 16.8. The van der Waals surface area contributed by atoms with Crippen LogP contribution in [0.4, 0.5) is 0 Å². The summed E-state index contributed by atoms with van der Waals surface area (Å²) in [5.74, 6) is -0.222. The summed E-state index contributed by atoms with van der Waals surface area (Å²) in [6, 6.07) is 0. The van der Waals surface area contributed by atoms with Crippen LogP contribution in [0.25, 0.3) is 0 Å². The van der Waals surface area contributed by atoms with E-state index >= 15 is 0 Å². The van der Waals surface area contributed by atoms with Crippen LogP contribution in [0.5, 0.6) is 0 Å². The van der Waals surface area contributed by atoms with Crippen LogP contribution in [-0.4, -0.2) is 50.4 Å². The van der Waals surface area contributed by atoms with Crippen molar-refractivity contribution in [3.63, 3.8) is 0 Å². The maximum Gasteiger partial charge on any atom is 0.261 e. The number of rotatable bonds is 10. The zero-order valence-corrected chi connectivity index (χ0v) is 28.4. The van der Waals surface area contributed by atoms with E-state index < -0.39 is 12.2 Å². The van der Waals surface area contributed by atoms with E-state index in [4.69, 9.17) is 18.9 Å². The molecule has 1 heterocycles. The molecule has 1 aliphatic heterocycles. The number of carbonyl (C=O) groups excluding carboxylic acids is 2. The molecule has 0 spiro atoms. The fourth-order valence-electron chi connectivity index (χ4n) is 4.82. The van der Waals surface area contributed by atoms with Crippen LogP contribution >= 0.6 is 0 Å². The molecule has 3 aliphatic rings. The lowest BCUT2D eigenvalue weighted by Gasteiger charge is -2.23. The van der Waals surface area contributed by atoms with Gasteiger partial charge in [0.1, 0.15) is 11.5 Å². The van der Waals surface area contributed by atoms with Gasteiger partial charge in [-0.3, -0.25) is 9.59 Å². The Morgan fingerprint density at radius 3 is 1.94 bits per heavy atom. The molecule has 1 fully saturated rings. The third-order valence-electron chi connectivity index (χ3n) is 7.28. The number of allylic oxidation sites excluding steroid dienone is 16. The molecule has 3 rings (SSSR count). The predicted octanol–water partition coefficient (Wildman–Crippen LogP) is 7.42. The summed E-state index contributed by atoms with van der Waals surface area (Å²) in [7, 11) is 0. The summed E-state index contributed by atoms with van der Waals surface area (Å²) in [6.07, 6.45) is 30.2. The normalized spacial score (nSPS) is 20.7. The van der Waals surface area contributed by atoms with Crippen molar-refractivity contribution >= 4 is 11.8 Å². The Balaban J connectivity index is 1.56. The van der Waals surface area contributed by atoms with E-state index in [0.29, 0.717) is 56.7 Å². The monoisotopic (exact) mass is 654 g/mol. The molecule has 2 aliphatic carbocycles. The second-order valence-corrected chi connectivity index (χ2v) is 11.2. The molecule has 256 valence electrons. The van der Waals surface area contributed by atoms with Gasteiger partial charge in [-0.25, -0.2) is 0 Å². The van der Waals surface area contributed by atoms with Crippen LogP contribution in [0, 0.1) is 0 Å². The Morgan fingerprint density at radius 2 is 1.38 bits per heavy atom. The highest BCUT2D eigenvalue weighted by atomic mass is 16.5. The minimum absolute atomic E-state index is 0.240. The SMILES string of the molecule is C=C1OCCCCOC(C(=O)NC(/C=C\C=C2C=CC=C2)=C/CC)C(=C)OCCCCOC1C(=O)NC(=C=CC)CCC=C1C=CC=C1. The smallest absolute Gasteiger partial charge is 0.261 e. The van der Waals surface area contributed by atoms with Crippen LogP contribution in [0.15, 0.2) is 138 Å². The lowest BCUT2D eigenvalue weighted by molar-refractivity contribution is -0.132. The van der Waals surface area contributed by atoms with E-state index in [9.17, 15) is 9.59 Å². The molecule has 0 radical (unpaired) electrons. The second kappa shape index (κ2) is 22.0. The highest BCUT2D eigenvalue weighted by molar-refractivity contribution is 5.85. The Labute approximate surface area is 286 Å². The van der Waals surface area contributed by atoms with E-state index in [2.05, 4.69) is 35.6 Å². The molecule has 0 aromatic carbocycles. The zero-order valence-electron chi connectivity index (χ0n) is 28.4. The van der Waals surface area contributed by atoms with Gasteiger partial charge in [0.15, 0.2) is 12.2 Å². The minimum Gasteiger partial charge on any atom is -0.495 e. The molecule has 48 heavy (non-hydrogen) atoms. The molecule has 2 unspecified atom stereocenters. The summed E-state index contributed by atoms with van der Waals surface area (Å²) in [4.78, 5) is 26.7. The van der Waals surface area contributed by atoms with Gasteiger partial charge in [0.25, 0.3) is 11.8 Å². The van der Waals surface area contributed by atoms with Crippen molar-refractivity contribution in [2.24, 2.45) is 0 Å². The average molecular weight is 655 g/mol. The molecule has 2 N–H and O–H groups in total. The quantitative estimate of drug-likeness (QED) is 0.188. The number of hydrogen-bond acceptors (Lipinski definition) is 6. The maximum atomic E-state index is 13.3. The van der Waals surface area contributed by atoms with Gasteiger partial charge in [-0.05, 0) is 75.2 Å². The molecular formula is C40H50N2O6. The van der Waals surface area contributed by atoms with Gasteiger partial charge < -0.3 is 29.6 Å². The molecule has 1 saturated heterocycles. The Kier molecular flexibility index (Phi) is 17.4. The van der Waals surface area contributed by atoms with E-state index in [1.165, 1.54) is 0 Å². The van der Waals surface area contributed by atoms with Crippen molar-refractivity contribution in [2.75, 3.05) is 26.4 Å². The minimum atomic E-state index is -0.979. The number of nitrogens with one attached hydrogen (secondary N) is 2. The maximum absolute atomic E-state index is 13.3. The topological polar surface area (TPSA) is 95.1 Å². The van der Waals surface area contributed by atoms with Gasteiger partial charge >= 0.3 is 0 Å². The average Bonchev–Trinajstić information content (AvgIpc) is 3.78. The summed E-state index contributed by atoms with van der Waals surface area (Å²) in [5, 5.41) is 5.91. The molecule has 2 amide bonds. The van der Waals surface area contributed by atoms with Crippen LogP contribution < -0.4 is 10.6 Å². The van der Waals surface area contributed by atoms with Crippen molar-refractivity contribution in [1.29, 1.82) is 0 Å². The van der Waals surface area contributed by atoms with Gasteiger partial charge in [-0.1, -0.05) is 93.0 Å². The van der Waals surface area contributed by atoms with Gasteiger partial charge in [0.2, 0.25) is 0 Å². The van der Waals surface area contributed by atoms with Crippen LogP contribution in [0.3, 0.4) is 0 Å². The lowest BCUT2D eigenvalue weighted by atomic mass is 10.1. The van der Waals surface area contributed by atoms with Crippen LogP contribution in [0.2, 0.25) is 0 Å². The van der Waals surface area contributed by atoms with Crippen molar-refractivity contribution < 1.29 is 28.5 Å². The summed E-state index contributed by atoms with van der Waals surface area (Å²) < 4.78 is 23.7. The van der Waals surface area contributed by atoms with Crippen molar-refractivity contribution in [2.45, 2.75) is 71.0 Å². The van der Waals surface area contributed by atoms with E-state index in [1.54, 1.807) is 6.08 Å². The molecule has 8 heteroatoms. The Hall–Kier alpha value is -4.62. The highest BCUT2D eigenvalue weighted by Crippen LogP contribution is 2.16. The molecule has 0 aromatic rings. The fraction of sp³-hybridized carbons (Fsp3) is 0.375. The number of hydrogen-bond donors (Lipinski definition) is 2. The number of carbonyl (C=O) groups is 2. The molecule has 0 aromatic heterocycles. The third-order valence-corrected chi connectivity index (χ3v) is 7.28. The van der Waals surface area contributed by atoms with Crippen molar-refractivity contribution in [3.8, 4) is 0 Å². The summed E-state index contributed by atoms with van der Waals surface area (Å²) in [6.45, 7) is 13.1. The van der Waals surface area contributed by atoms with Crippen LogP contribution in [-0.2, 0) is 28.5 Å². The van der Waals surface area contributed by atoms with Gasteiger partial charge in [0, 0.05) is 18.9 Å². The first-order chi connectivity index (χ1) is 23.4. The zero-order chi connectivity index (χ0) is 34.4. The molecule has 2 atom stereocenters. The predicted molar refractivity (Wildman–Crippen MR) is 191 cm³/mol. The highest BCUT2D eigenvalue weighted by Gasteiger charge is 2.26. The van der Waals surface area contributed by atoms with Gasteiger partial charge in [0.05, 0.1) is 18.9 Å². The first kappa shape index (κ1) is 37.8. The largest absolute Gasteiger partial charge is 0.495 e. The molecule has 0 bridgehead atoms. The lowest BCUT2D eigenvalue weighted by Crippen LogP contribution is -2.38. The molecular weight excluding hydrogens is 604 g/mol. The van der Waals surface area contributed by atoms with Crippen molar-refractivity contribution in [3.05, 3.63) is 138 Å². The molecule has 8 nitrogen and oxygen atoms in total. The Bertz CT molecular complexity index is 1420. The summed E-state index contributed by atoms with van der Waals surface area (Å²) >= 11 is 0. The fourth-order valence-corrected chi connectivity index (χ4v) is 4.82. The standard InChI is InChI=1S/C40H50N2O6/c1-5-17-35(25-15-23-33-19-7-8-20-33)41-39(43)37-31(3)45-27-12-14-30-48-38(32(4)46-28-11-13-29-47-37)40(44)42-36(18-6-2)26-16-24-34-21-9-10-22-34/h5,7-10,16,18-24,26,37-38H,3-4,6,11-15,25,27-30H2,1-2H3,(H,41,43)(H,42,44)/b26-16-,36-18+. The molecule has 0 saturated carbocycles. The van der Waals surface area contributed by atoms with Gasteiger partial charge in [-0.15, -0.1) is 5.73 Å². The number of ether oxygens (including phenoxy) is 4. The van der Waals surface area contributed by atoms with E-state index in [-0.39, 0.29) is 36.5 Å². The van der Waals surface area contributed by atoms with Crippen LogP contribution in [0.1, 0.15) is 58.8 Å². The number of amides is 2. The van der Waals surface area contributed by atoms with E-state index in [1.807, 2.05) is 86.8 Å². The van der Waals surface area contributed by atoms with Crippen molar-refractivity contribution in [1.82, 2.24) is 10.6 Å². The second-order valence-electron chi connectivity index (χ2n) is 11.2. The van der Waals surface area contributed by atoms with Gasteiger partial charge in [-0.2, -0.15) is 0 Å².